The van der Waals surface area contributed by atoms with Crippen molar-refractivity contribution < 1.29 is 37.1 Å². The minimum atomic E-state index is -4.76. The summed E-state index contributed by atoms with van der Waals surface area (Å²) in [7, 11) is 0. The van der Waals surface area contributed by atoms with Gasteiger partial charge in [0.15, 0.2) is 12.4 Å². The Labute approximate surface area is 259 Å². The third kappa shape index (κ3) is 6.78. The zero-order chi connectivity index (χ0) is 32.3. The van der Waals surface area contributed by atoms with Crippen molar-refractivity contribution in [2.24, 2.45) is 0 Å². The molecule has 1 fully saturated rings. The van der Waals surface area contributed by atoms with Crippen molar-refractivity contribution in [3.05, 3.63) is 113 Å². The second kappa shape index (κ2) is 12.8. The van der Waals surface area contributed by atoms with Gasteiger partial charge in [0.05, 0.1) is 22.1 Å². The summed E-state index contributed by atoms with van der Waals surface area (Å²) in [6.07, 6.45) is -5.09. The Balaban J connectivity index is 1.22. The van der Waals surface area contributed by atoms with E-state index in [4.69, 9.17) is 4.74 Å². The SMILES string of the molecule is Cc1cc(C(F)(F)F)nc(SC2CC(=O)N(c3ccc(C(=O)OCC(=O)c4ccc(-c5ccccc5)cc4)cc3)C2=O)c1C#N. The number of benzene rings is 3. The maximum absolute atomic E-state index is 13.3. The number of pyridine rings is 1. The highest BCUT2D eigenvalue weighted by Gasteiger charge is 2.42. The van der Waals surface area contributed by atoms with Gasteiger partial charge in [-0.25, -0.2) is 14.7 Å². The lowest BCUT2D eigenvalue weighted by Crippen LogP contribution is -2.31. The molecule has 4 aromatic rings. The maximum Gasteiger partial charge on any atom is 0.433 e. The zero-order valence-corrected chi connectivity index (χ0v) is 24.3. The number of alkyl halides is 3. The average molecular weight is 630 g/mol. The molecule has 1 aromatic heterocycles. The molecule has 1 atom stereocenters. The van der Waals surface area contributed by atoms with E-state index >= 15 is 0 Å². The van der Waals surface area contributed by atoms with Crippen LogP contribution >= 0.6 is 11.8 Å². The van der Waals surface area contributed by atoms with Crippen molar-refractivity contribution in [1.82, 2.24) is 4.98 Å². The van der Waals surface area contributed by atoms with Gasteiger partial charge in [0, 0.05) is 12.0 Å². The predicted octanol–water partition coefficient (Wildman–Crippen LogP) is 6.41. The van der Waals surface area contributed by atoms with Crippen LogP contribution in [0, 0.1) is 18.3 Å². The predicted molar refractivity (Wildman–Crippen MR) is 158 cm³/mol. The molecule has 12 heteroatoms. The fraction of sp³-hybridized carbons (Fsp3) is 0.152. The van der Waals surface area contributed by atoms with Gasteiger partial charge in [-0.2, -0.15) is 18.4 Å². The molecular weight excluding hydrogens is 607 g/mol. The van der Waals surface area contributed by atoms with Crippen LogP contribution in [0.3, 0.4) is 0 Å². The molecule has 1 aliphatic heterocycles. The number of aryl methyl sites for hydroxylation is 1. The van der Waals surface area contributed by atoms with E-state index in [-0.39, 0.29) is 33.8 Å². The molecule has 1 saturated heterocycles. The number of Topliss-reactive ketones (excluding diaryl/α,β-unsaturated/α-hetero) is 1. The molecule has 3 aromatic carbocycles. The number of carbonyl (C=O) groups is 4. The van der Waals surface area contributed by atoms with E-state index in [0.717, 1.165) is 22.1 Å². The van der Waals surface area contributed by atoms with Crippen LogP contribution < -0.4 is 4.90 Å². The number of rotatable bonds is 8. The summed E-state index contributed by atoms with van der Waals surface area (Å²) in [5.74, 6) is -2.51. The van der Waals surface area contributed by atoms with E-state index in [1.165, 1.54) is 31.2 Å². The number of hydrogen-bond acceptors (Lipinski definition) is 8. The van der Waals surface area contributed by atoms with Crippen LogP contribution in [-0.2, 0) is 20.5 Å². The molecule has 2 heterocycles. The molecule has 1 aliphatic rings. The van der Waals surface area contributed by atoms with Crippen LogP contribution in [0.2, 0.25) is 0 Å². The van der Waals surface area contributed by atoms with Crippen molar-refractivity contribution >= 4 is 41.0 Å². The molecule has 0 radical (unpaired) electrons. The first-order valence-electron chi connectivity index (χ1n) is 13.4. The Morgan fingerprint density at radius 1 is 0.978 bits per heavy atom. The van der Waals surface area contributed by atoms with E-state index < -0.39 is 47.3 Å². The molecule has 8 nitrogen and oxygen atoms in total. The number of hydrogen-bond donors (Lipinski definition) is 0. The minimum Gasteiger partial charge on any atom is -0.454 e. The number of ketones is 1. The summed E-state index contributed by atoms with van der Waals surface area (Å²) in [5, 5.41) is 8.05. The number of aromatic nitrogens is 1. The summed E-state index contributed by atoms with van der Waals surface area (Å²) in [6, 6.07) is 24.4. The van der Waals surface area contributed by atoms with Crippen LogP contribution in [0.25, 0.3) is 11.1 Å². The first-order chi connectivity index (χ1) is 21.5. The van der Waals surface area contributed by atoms with Gasteiger partial charge in [-0.3, -0.25) is 14.4 Å². The number of anilines is 1. The van der Waals surface area contributed by atoms with E-state index in [1.54, 1.807) is 24.3 Å². The van der Waals surface area contributed by atoms with Crippen molar-refractivity contribution in [1.29, 1.82) is 5.26 Å². The topological polar surface area (TPSA) is 117 Å². The zero-order valence-electron chi connectivity index (χ0n) is 23.5. The highest BCUT2D eigenvalue weighted by atomic mass is 32.2. The van der Waals surface area contributed by atoms with E-state index in [0.29, 0.717) is 17.3 Å². The Morgan fingerprint density at radius 3 is 2.22 bits per heavy atom. The lowest BCUT2D eigenvalue weighted by atomic mass is 10.0. The van der Waals surface area contributed by atoms with Crippen LogP contribution in [0.4, 0.5) is 18.9 Å². The standard InChI is InChI=1S/C33H22F3N3O5S/c1-19-15-28(33(34,35)36)38-30(25(19)17-37)45-27-16-29(41)39(31(27)42)24-13-11-23(12-14-24)32(43)44-18-26(40)22-9-7-21(8-10-22)20-5-3-2-4-6-20/h2-15,27H,16,18H2,1H3. The van der Waals surface area contributed by atoms with Crippen molar-refractivity contribution in [2.45, 2.75) is 29.8 Å². The summed E-state index contributed by atoms with van der Waals surface area (Å²) in [5.41, 5.74) is 1.21. The smallest absolute Gasteiger partial charge is 0.433 e. The van der Waals surface area contributed by atoms with Crippen molar-refractivity contribution in [3.8, 4) is 17.2 Å². The van der Waals surface area contributed by atoms with E-state index in [1.807, 2.05) is 36.4 Å². The lowest BCUT2D eigenvalue weighted by molar-refractivity contribution is -0.141. The quantitative estimate of drug-likeness (QED) is 0.125. The number of halogens is 3. The van der Waals surface area contributed by atoms with Crippen LogP contribution in [0.15, 0.2) is 90.0 Å². The van der Waals surface area contributed by atoms with Gasteiger partial charge in [-0.05, 0) is 53.9 Å². The first-order valence-corrected chi connectivity index (χ1v) is 14.3. The maximum atomic E-state index is 13.3. The van der Waals surface area contributed by atoms with Crippen LogP contribution in [-0.4, -0.2) is 40.4 Å². The van der Waals surface area contributed by atoms with Gasteiger partial charge >= 0.3 is 12.1 Å². The average Bonchev–Trinajstić information content (AvgIpc) is 3.31. The summed E-state index contributed by atoms with van der Waals surface area (Å²) < 4.78 is 45.1. The molecule has 0 N–H and O–H groups in total. The third-order valence-electron chi connectivity index (χ3n) is 6.95. The monoisotopic (exact) mass is 629 g/mol. The van der Waals surface area contributed by atoms with Crippen LogP contribution in [0.1, 0.15) is 44.0 Å². The Bertz CT molecular complexity index is 1840. The van der Waals surface area contributed by atoms with E-state index in [2.05, 4.69) is 4.98 Å². The molecular formula is C33H22F3N3O5S. The molecule has 0 spiro atoms. The minimum absolute atomic E-state index is 0.0427. The van der Waals surface area contributed by atoms with Gasteiger partial charge in [0.2, 0.25) is 11.8 Å². The van der Waals surface area contributed by atoms with Gasteiger partial charge in [-0.15, -0.1) is 0 Å². The second-order valence-electron chi connectivity index (χ2n) is 9.98. The number of ether oxygens (including phenoxy) is 1. The second-order valence-corrected chi connectivity index (χ2v) is 11.2. The number of nitrogens with zero attached hydrogens (tertiary/aromatic N) is 3. The summed E-state index contributed by atoms with van der Waals surface area (Å²) in [4.78, 5) is 55.5. The number of imide groups is 1. The van der Waals surface area contributed by atoms with Crippen molar-refractivity contribution in [3.63, 3.8) is 0 Å². The third-order valence-corrected chi connectivity index (χ3v) is 8.13. The molecule has 226 valence electrons. The number of esters is 1. The molecule has 2 amide bonds. The van der Waals surface area contributed by atoms with E-state index in [9.17, 15) is 37.6 Å². The van der Waals surface area contributed by atoms with Crippen LogP contribution in [0.5, 0.6) is 0 Å². The molecule has 0 bridgehead atoms. The van der Waals surface area contributed by atoms with Gasteiger partial charge in [0.1, 0.15) is 16.8 Å². The molecule has 5 rings (SSSR count). The summed E-state index contributed by atoms with van der Waals surface area (Å²) >= 11 is 0.620. The number of nitriles is 1. The normalized spacial score (nSPS) is 14.7. The number of amides is 2. The fourth-order valence-corrected chi connectivity index (χ4v) is 5.81. The Kier molecular flexibility index (Phi) is 8.83. The number of carbonyl (C=O) groups excluding carboxylic acids is 4. The fourth-order valence-electron chi connectivity index (χ4n) is 4.64. The molecule has 1 unspecified atom stereocenters. The van der Waals surface area contributed by atoms with Crippen molar-refractivity contribution in [2.75, 3.05) is 11.5 Å². The number of thioether (sulfide) groups is 1. The summed E-state index contributed by atoms with van der Waals surface area (Å²) in [6.45, 7) is 0.834. The van der Waals surface area contributed by atoms with Gasteiger partial charge < -0.3 is 4.74 Å². The van der Waals surface area contributed by atoms with Gasteiger partial charge in [-0.1, -0.05) is 66.4 Å². The largest absolute Gasteiger partial charge is 0.454 e. The molecule has 0 saturated carbocycles. The Hall–Kier alpha value is -5.28. The first kappa shape index (κ1) is 31.2. The Morgan fingerprint density at radius 2 is 1.60 bits per heavy atom. The highest BCUT2D eigenvalue weighted by molar-refractivity contribution is 8.00. The molecule has 0 aliphatic carbocycles. The highest BCUT2D eigenvalue weighted by Crippen LogP contribution is 2.38. The molecule has 45 heavy (non-hydrogen) atoms. The van der Waals surface area contributed by atoms with Gasteiger partial charge in [0.25, 0.3) is 0 Å². The lowest BCUT2D eigenvalue weighted by Gasteiger charge is -2.16.